The Bertz CT molecular complexity index is 336. The maximum Gasteiger partial charge on any atom is 0.146 e. The number of ether oxygens (including phenoxy) is 7. The molecule has 0 saturated heterocycles. The Morgan fingerprint density at radius 3 is 1.30 bits per heavy atom. The zero-order valence-electron chi connectivity index (χ0n) is 21.4. The van der Waals surface area contributed by atoms with Gasteiger partial charge in [0.25, 0.3) is 0 Å². The molecule has 0 aliphatic heterocycles. The van der Waals surface area contributed by atoms with Gasteiger partial charge in [0.05, 0.1) is 79.3 Å². The fraction of sp³-hybridized carbons (Fsp3) is 1.00. The molecule has 0 radical (unpaired) electrons. The van der Waals surface area contributed by atoms with E-state index in [1.807, 2.05) is 0 Å². The summed E-state index contributed by atoms with van der Waals surface area (Å²) >= 11 is 0. The highest BCUT2D eigenvalue weighted by atomic mass is 16.7. The molecule has 0 saturated carbocycles. The Morgan fingerprint density at radius 1 is 0.485 bits per heavy atom. The van der Waals surface area contributed by atoms with Gasteiger partial charge in [0.2, 0.25) is 0 Å². The second kappa shape index (κ2) is 29.7. The zero-order valence-corrected chi connectivity index (χ0v) is 21.4. The molecule has 0 rings (SSSR count). The normalized spacial score (nSPS) is 11.6. The van der Waals surface area contributed by atoms with Crippen molar-refractivity contribution < 1.29 is 38.3 Å². The van der Waals surface area contributed by atoms with Gasteiger partial charge in [0.1, 0.15) is 6.79 Å². The average molecular weight is 481 g/mol. The Labute approximate surface area is 202 Å². The van der Waals surface area contributed by atoms with Crippen LogP contribution in [-0.2, 0) is 33.2 Å². The van der Waals surface area contributed by atoms with E-state index in [-0.39, 0.29) is 20.0 Å². The summed E-state index contributed by atoms with van der Waals surface area (Å²) in [7, 11) is 0. The van der Waals surface area contributed by atoms with Crippen LogP contribution < -0.4 is 0 Å². The lowest BCUT2D eigenvalue weighted by Gasteiger charge is -2.17. The highest BCUT2D eigenvalue weighted by molar-refractivity contribution is 4.59. The van der Waals surface area contributed by atoms with E-state index in [1.165, 1.54) is 51.4 Å². The van der Waals surface area contributed by atoms with E-state index in [1.54, 1.807) is 0 Å². The molecule has 8 heteroatoms. The molecule has 0 aliphatic carbocycles. The molecular formula is C25H52O8. The highest BCUT2D eigenvalue weighted by Gasteiger charge is 2.08. The van der Waals surface area contributed by atoms with E-state index >= 15 is 0 Å². The first-order chi connectivity index (χ1) is 16.3. The van der Waals surface area contributed by atoms with Crippen molar-refractivity contribution in [3.05, 3.63) is 0 Å². The van der Waals surface area contributed by atoms with Gasteiger partial charge in [0.15, 0.2) is 0 Å². The van der Waals surface area contributed by atoms with Crippen molar-refractivity contribution in [2.45, 2.75) is 65.2 Å². The van der Waals surface area contributed by atoms with Crippen LogP contribution in [0, 0.1) is 5.92 Å². The Balaban J connectivity index is 3.29. The maximum atomic E-state index is 8.54. The van der Waals surface area contributed by atoms with Crippen LogP contribution in [0.4, 0.5) is 0 Å². The van der Waals surface area contributed by atoms with E-state index in [0.29, 0.717) is 72.0 Å². The summed E-state index contributed by atoms with van der Waals surface area (Å²) in [6.07, 6.45) is 10.4. The van der Waals surface area contributed by atoms with E-state index in [2.05, 4.69) is 13.8 Å². The number of aliphatic hydroxyl groups excluding tert-OH is 1. The monoisotopic (exact) mass is 480 g/mol. The van der Waals surface area contributed by atoms with Gasteiger partial charge >= 0.3 is 0 Å². The van der Waals surface area contributed by atoms with Crippen molar-refractivity contribution in [1.29, 1.82) is 0 Å². The lowest BCUT2D eigenvalue weighted by Crippen LogP contribution is -2.15. The molecule has 0 atom stereocenters. The first-order valence-corrected chi connectivity index (χ1v) is 13.0. The summed E-state index contributed by atoms with van der Waals surface area (Å²) in [6.45, 7) is 11.3. The Morgan fingerprint density at radius 2 is 0.879 bits per heavy atom. The molecule has 0 aromatic heterocycles. The third-order valence-electron chi connectivity index (χ3n) is 5.05. The average Bonchev–Trinajstić information content (AvgIpc) is 2.82. The summed E-state index contributed by atoms with van der Waals surface area (Å²) < 4.78 is 37.9. The van der Waals surface area contributed by atoms with Crippen LogP contribution in [0.5, 0.6) is 0 Å². The summed E-state index contributed by atoms with van der Waals surface area (Å²) in [5, 5.41) is 8.54. The molecule has 0 amide bonds. The van der Waals surface area contributed by atoms with Crippen molar-refractivity contribution in [1.82, 2.24) is 0 Å². The molecule has 8 nitrogen and oxygen atoms in total. The third kappa shape index (κ3) is 27.8. The van der Waals surface area contributed by atoms with E-state index < -0.39 is 0 Å². The minimum absolute atomic E-state index is 0.00185. The second-order valence-electron chi connectivity index (χ2n) is 8.04. The van der Waals surface area contributed by atoms with E-state index in [4.69, 9.17) is 38.3 Å². The number of hydrogen-bond donors (Lipinski definition) is 1. The van der Waals surface area contributed by atoms with Crippen LogP contribution >= 0.6 is 0 Å². The second-order valence-corrected chi connectivity index (χ2v) is 8.04. The van der Waals surface area contributed by atoms with Gasteiger partial charge in [-0.25, -0.2) is 0 Å². The van der Waals surface area contributed by atoms with Crippen LogP contribution in [0.3, 0.4) is 0 Å². The van der Waals surface area contributed by atoms with Crippen molar-refractivity contribution in [3.63, 3.8) is 0 Å². The first-order valence-electron chi connectivity index (χ1n) is 13.0. The standard InChI is InChI=1S/C25H52O8/c1-3-5-7-9-25(10-8-6-4-2)23-31-21-19-29-17-15-27-13-14-28-16-18-30-20-22-33-24-32-12-11-26/h25-26H,3-24H2,1-2H3. The molecule has 0 aromatic rings. The lowest BCUT2D eigenvalue weighted by atomic mass is 9.96. The van der Waals surface area contributed by atoms with E-state index in [9.17, 15) is 0 Å². The van der Waals surface area contributed by atoms with Gasteiger partial charge in [-0.1, -0.05) is 52.4 Å². The molecule has 0 spiro atoms. The highest BCUT2D eigenvalue weighted by Crippen LogP contribution is 2.18. The minimum atomic E-state index is 0.00185. The zero-order chi connectivity index (χ0) is 24.1. The third-order valence-corrected chi connectivity index (χ3v) is 5.05. The maximum absolute atomic E-state index is 8.54. The predicted octanol–water partition coefficient (Wildman–Crippen LogP) is 3.83. The van der Waals surface area contributed by atoms with Gasteiger partial charge in [-0.2, -0.15) is 0 Å². The number of aliphatic hydroxyl groups is 1. The summed E-state index contributed by atoms with van der Waals surface area (Å²) in [6, 6.07) is 0. The molecule has 0 aromatic carbocycles. The molecular weight excluding hydrogens is 428 g/mol. The van der Waals surface area contributed by atoms with Crippen molar-refractivity contribution >= 4 is 0 Å². The van der Waals surface area contributed by atoms with E-state index in [0.717, 1.165) is 6.61 Å². The van der Waals surface area contributed by atoms with Gasteiger partial charge in [0, 0.05) is 6.61 Å². The summed E-state index contributed by atoms with van der Waals surface area (Å²) in [4.78, 5) is 0. The minimum Gasteiger partial charge on any atom is -0.394 e. The van der Waals surface area contributed by atoms with Crippen molar-refractivity contribution in [2.24, 2.45) is 5.92 Å². The van der Waals surface area contributed by atoms with Gasteiger partial charge in [-0.15, -0.1) is 0 Å². The first kappa shape index (κ1) is 32.7. The molecule has 200 valence electrons. The molecule has 0 bridgehead atoms. The smallest absolute Gasteiger partial charge is 0.146 e. The molecule has 0 aliphatic rings. The Kier molecular flexibility index (Phi) is 29.4. The lowest BCUT2D eigenvalue weighted by molar-refractivity contribution is -0.0792. The SMILES string of the molecule is CCCCCC(CCCCC)COCCOCCOCCOCCOCCOCOCCO. The van der Waals surface area contributed by atoms with Crippen molar-refractivity contribution in [3.8, 4) is 0 Å². The fourth-order valence-corrected chi connectivity index (χ4v) is 3.17. The van der Waals surface area contributed by atoms with Crippen LogP contribution in [0.2, 0.25) is 0 Å². The Hall–Kier alpha value is -0.320. The van der Waals surface area contributed by atoms with Crippen molar-refractivity contribution in [2.75, 3.05) is 92.7 Å². The van der Waals surface area contributed by atoms with Gasteiger partial charge in [-0.3, -0.25) is 0 Å². The molecule has 0 heterocycles. The molecule has 33 heavy (non-hydrogen) atoms. The predicted molar refractivity (Wildman–Crippen MR) is 130 cm³/mol. The van der Waals surface area contributed by atoms with Crippen LogP contribution in [-0.4, -0.2) is 97.8 Å². The summed E-state index contributed by atoms with van der Waals surface area (Å²) in [5.74, 6) is 0.696. The summed E-state index contributed by atoms with van der Waals surface area (Å²) in [5.41, 5.74) is 0. The largest absolute Gasteiger partial charge is 0.394 e. The number of unbranched alkanes of at least 4 members (excludes halogenated alkanes) is 4. The van der Waals surface area contributed by atoms with Crippen LogP contribution in [0.15, 0.2) is 0 Å². The van der Waals surface area contributed by atoms with Crippen LogP contribution in [0.1, 0.15) is 65.2 Å². The number of rotatable bonds is 29. The molecule has 1 N–H and O–H groups in total. The topological polar surface area (TPSA) is 84.8 Å². The number of hydrogen-bond acceptors (Lipinski definition) is 8. The quantitative estimate of drug-likeness (QED) is 0.128. The molecule has 0 unspecified atom stereocenters. The van der Waals surface area contributed by atoms with Crippen LogP contribution in [0.25, 0.3) is 0 Å². The molecule has 0 fully saturated rings. The van der Waals surface area contributed by atoms with Gasteiger partial charge in [-0.05, 0) is 18.8 Å². The van der Waals surface area contributed by atoms with Gasteiger partial charge < -0.3 is 38.3 Å². The fourth-order valence-electron chi connectivity index (χ4n) is 3.17.